The largest absolute Gasteiger partial charge is 0.437 e. The second-order valence-corrected chi connectivity index (χ2v) is 5.31. The maximum absolute atomic E-state index is 11.8. The average molecular weight is 298 g/mol. The molecule has 2 aromatic rings. The predicted octanol–water partition coefficient (Wildman–Crippen LogP) is 2.21. The minimum absolute atomic E-state index is 0.0581. The monoisotopic (exact) mass is 298 g/mol. The average Bonchev–Trinajstić information content (AvgIpc) is 3.33. The summed E-state index contributed by atoms with van der Waals surface area (Å²) in [6.07, 6.45) is 4.13. The van der Waals surface area contributed by atoms with Crippen LogP contribution in [-0.4, -0.2) is 29.2 Å². The molecule has 2 N–H and O–H groups in total. The number of amides is 1. The highest BCUT2D eigenvalue weighted by Crippen LogP contribution is 2.27. The van der Waals surface area contributed by atoms with E-state index in [1.165, 1.54) is 12.8 Å². The van der Waals surface area contributed by atoms with Crippen molar-refractivity contribution in [3.05, 3.63) is 42.6 Å². The minimum atomic E-state index is -0.0581. The molecule has 1 aliphatic rings. The van der Waals surface area contributed by atoms with Gasteiger partial charge in [0.2, 0.25) is 11.8 Å². The van der Waals surface area contributed by atoms with Gasteiger partial charge < -0.3 is 15.4 Å². The molecule has 0 spiro atoms. The third-order valence-electron chi connectivity index (χ3n) is 3.30. The Hall–Kier alpha value is -2.47. The van der Waals surface area contributed by atoms with E-state index in [9.17, 15) is 4.79 Å². The van der Waals surface area contributed by atoms with Gasteiger partial charge in [0.15, 0.2) is 0 Å². The van der Waals surface area contributed by atoms with Gasteiger partial charge in [-0.1, -0.05) is 6.07 Å². The van der Waals surface area contributed by atoms with Crippen molar-refractivity contribution in [2.24, 2.45) is 5.92 Å². The molecule has 1 fully saturated rings. The lowest BCUT2D eigenvalue weighted by molar-refractivity contribution is -0.115. The lowest BCUT2D eigenvalue weighted by Gasteiger charge is -2.08. The van der Waals surface area contributed by atoms with Crippen LogP contribution in [0.2, 0.25) is 0 Å². The van der Waals surface area contributed by atoms with E-state index in [-0.39, 0.29) is 5.91 Å². The van der Waals surface area contributed by atoms with Crippen LogP contribution in [0.1, 0.15) is 12.8 Å². The summed E-state index contributed by atoms with van der Waals surface area (Å²) < 4.78 is 5.58. The molecule has 0 saturated heterocycles. The normalized spacial score (nSPS) is 13.6. The van der Waals surface area contributed by atoms with Crippen molar-refractivity contribution in [3.63, 3.8) is 0 Å². The first-order valence-electron chi connectivity index (χ1n) is 7.36. The van der Waals surface area contributed by atoms with Crippen LogP contribution in [0.25, 0.3) is 0 Å². The Morgan fingerprint density at radius 1 is 1.27 bits per heavy atom. The van der Waals surface area contributed by atoms with Crippen LogP contribution in [0.3, 0.4) is 0 Å². The van der Waals surface area contributed by atoms with Gasteiger partial charge in [-0.2, -0.15) is 5.10 Å². The van der Waals surface area contributed by atoms with Crippen LogP contribution in [0.5, 0.6) is 11.6 Å². The highest BCUT2D eigenvalue weighted by atomic mass is 16.5. The number of hydrogen-bond acceptors (Lipinski definition) is 5. The molecule has 1 heterocycles. The van der Waals surface area contributed by atoms with E-state index in [1.54, 1.807) is 30.5 Å². The van der Waals surface area contributed by atoms with E-state index in [2.05, 4.69) is 20.8 Å². The number of ether oxygens (including phenoxy) is 1. The Morgan fingerprint density at radius 3 is 2.95 bits per heavy atom. The number of anilines is 1. The van der Waals surface area contributed by atoms with E-state index in [0.717, 1.165) is 12.5 Å². The summed E-state index contributed by atoms with van der Waals surface area (Å²) in [4.78, 5) is 11.8. The molecule has 0 atom stereocenters. The number of nitrogens with zero attached hydrogens (tertiary/aromatic N) is 2. The third-order valence-corrected chi connectivity index (χ3v) is 3.30. The van der Waals surface area contributed by atoms with Gasteiger partial charge in [0.05, 0.1) is 6.54 Å². The molecule has 0 bridgehead atoms. The predicted molar refractivity (Wildman–Crippen MR) is 82.8 cm³/mol. The highest BCUT2D eigenvalue weighted by molar-refractivity contribution is 5.92. The van der Waals surface area contributed by atoms with Crippen LogP contribution in [0.4, 0.5) is 5.69 Å². The Labute approximate surface area is 128 Å². The molecule has 0 aliphatic heterocycles. The Balaban J connectivity index is 1.52. The van der Waals surface area contributed by atoms with Crippen molar-refractivity contribution in [2.45, 2.75) is 12.8 Å². The van der Waals surface area contributed by atoms with Crippen molar-refractivity contribution < 1.29 is 9.53 Å². The van der Waals surface area contributed by atoms with Crippen LogP contribution in [-0.2, 0) is 4.79 Å². The molecular weight excluding hydrogens is 280 g/mol. The number of rotatable bonds is 7. The first kappa shape index (κ1) is 14.5. The molecule has 0 unspecified atom stereocenters. The summed E-state index contributed by atoms with van der Waals surface area (Å²) in [5.41, 5.74) is 0.694. The molecule has 3 rings (SSSR count). The third kappa shape index (κ3) is 4.53. The fraction of sp³-hybridized carbons (Fsp3) is 0.312. The van der Waals surface area contributed by atoms with E-state index in [0.29, 0.717) is 23.9 Å². The van der Waals surface area contributed by atoms with Gasteiger partial charge in [0, 0.05) is 24.0 Å². The first-order valence-corrected chi connectivity index (χ1v) is 7.36. The SMILES string of the molecule is O=C(CNCC1CC1)Nc1cccc(Oc2cccnn2)c1. The minimum Gasteiger partial charge on any atom is -0.437 e. The lowest BCUT2D eigenvalue weighted by atomic mass is 10.3. The fourth-order valence-corrected chi connectivity index (χ4v) is 2.02. The molecule has 1 saturated carbocycles. The Bertz CT molecular complexity index is 629. The van der Waals surface area contributed by atoms with Gasteiger partial charge in [-0.15, -0.1) is 5.10 Å². The highest BCUT2D eigenvalue weighted by Gasteiger charge is 2.20. The summed E-state index contributed by atoms with van der Waals surface area (Å²) in [5.74, 6) is 1.72. The number of hydrogen-bond donors (Lipinski definition) is 2. The summed E-state index contributed by atoms with van der Waals surface area (Å²) in [5, 5.41) is 13.6. The second-order valence-electron chi connectivity index (χ2n) is 5.31. The smallest absolute Gasteiger partial charge is 0.238 e. The lowest BCUT2D eigenvalue weighted by Crippen LogP contribution is -2.29. The maximum Gasteiger partial charge on any atom is 0.238 e. The zero-order valence-electron chi connectivity index (χ0n) is 12.2. The van der Waals surface area contributed by atoms with E-state index in [1.807, 2.05) is 12.1 Å². The van der Waals surface area contributed by atoms with Gasteiger partial charge in [0.25, 0.3) is 0 Å². The fourth-order valence-electron chi connectivity index (χ4n) is 2.02. The number of aromatic nitrogens is 2. The number of benzene rings is 1. The number of nitrogens with one attached hydrogen (secondary N) is 2. The van der Waals surface area contributed by atoms with Crippen molar-refractivity contribution in [1.29, 1.82) is 0 Å². The Morgan fingerprint density at radius 2 is 2.18 bits per heavy atom. The zero-order valence-corrected chi connectivity index (χ0v) is 12.2. The molecule has 6 nitrogen and oxygen atoms in total. The number of carbonyl (C=O) groups excluding carboxylic acids is 1. The van der Waals surface area contributed by atoms with Crippen molar-refractivity contribution >= 4 is 11.6 Å². The maximum atomic E-state index is 11.8. The van der Waals surface area contributed by atoms with Crippen molar-refractivity contribution in [3.8, 4) is 11.6 Å². The Kier molecular flexibility index (Phi) is 4.60. The van der Waals surface area contributed by atoms with Gasteiger partial charge in [-0.25, -0.2) is 0 Å². The molecule has 1 aromatic heterocycles. The van der Waals surface area contributed by atoms with E-state index < -0.39 is 0 Å². The van der Waals surface area contributed by atoms with Gasteiger partial charge in [-0.05, 0) is 43.5 Å². The molecular formula is C16H18N4O2. The molecule has 114 valence electrons. The zero-order chi connectivity index (χ0) is 15.2. The quantitative estimate of drug-likeness (QED) is 0.819. The van der Waals surface area contributed by atoms with Crippen LogP contribution >= 0.6 is 0 Å². The van der Waals surface area contributed by atoms with Crippen LogP contribution in [0, 0.1) is 5.92 Å². The van der Waals surface area contributed by atoms with Gasteiger partial charge in [0.1, 0.15) is 5.75 Å². The van der Waals surface area contributed by atoms with E-state index >= 15 is 0 Å². The second kappa shape index (κ2) is 7.00. The summed E-state index contributed by atoms with van der Waals surface area (Å²) in [6, 6.07) is 10.7. The molecule has 22 heavy (non-hydrogen) atoms. The van der Waals surface area contributed by atoms with Crippen LogP contribution in [0.15, 0.2) is 42.6 Å². The van der Waals surface area contributed by atoms with Crippen molar-refractivity contribution in [1.82, 2.24) is 15.5 Å². The standard InChI is InChI=1S/C16H18N4O2/c21-15(11-17-10-12-6-7-12)19-13-3-1-4-14(9-13)22-16-5-2-8-18-20-16/h1-5,8-9,12,17H,6-7,10-11H2,(H,19,21). The van der Waals surface area contributed by atoms with Gasteiger partial charge >= 0.3 is 0 Å². The molecule has 1 aliphatic carbocycles. The topological polar surface area (TPSA) is 76.1 Å². The summed E-state index contributed by atoms with van der Waals surface area (Å²) in [7, 11) is 0. The molecule has 6 heteroatoms. The van der Waals surface area contributed by atoms with Crippen molar-refractivity contribution in [2.75, 3.05) is 18.4 Å². The molecule has 0 radical (unpaired) electrons. The van der Waals surface area contributed by atoms with Gasteiger partial charge in [-0.3, -0.25) is 4.79 Å². The summed E-state index contributed by atoms with van der Waals surface area (Å²) >= 11 is 0. The molecule has 1 amide bonds. The molecule has 1 aromatic carbocycles. The first-order chi connectivity index (χ1) is 10.8. The summed E-state index contributed by atoms with van der Waals surface area (Å²) in [6.45, 7) is 1.25. The van der Waals surface area contributed by atoms with Crippen LogP contribution < -0.4 is 15.4 Å². The number of carbonyl (C=O) groups is 1. The van der Waals surface area contributed by atoms with E-state index in [4.69, 9.17) is 4.74 Å².